The molecule has 2 rings (SSSR count). The molecule has 0 aliphatic rings. The summed E-state index contributed by atoms with van der Waals surface area (Å²) >= 11 is 3.36. The number of rotatable bonds is 3. The molecule has 0 atom stereocenters. The molecule has 1 heterocycles. The number of carbonyl (C=O) groups excluding carboxylic acids is 1. The fraction of sp³-hybridized carbons (Fsp3) is 0.167. The number of hydrogen-bond donors (Lipinski definition) is 0. The van der Waals surface area contributed by atoms with E-state index in [4.69, 9.17) is 4.42 Å². The van der Waals surface area contributed by atoms with E-state index in [1.54, 1.807) is 6.92 Å². The van der Waals surface area contributed by atoms with Gasteiger partial charge in [-0.2, -0.15) is 0 Å². The number of carbonyl (C=O) groups is 1. The van der Waals surface area contributed by atoms with Gasteiger partial charge in [0.1, 0.15) is 5.69 Å². The predicted molar refractivity (Wildman–Crippen MR) is 64.3 cm³/mol. The van der Waals surface area contributed by atoms with Crippen molar-refractivity contribution in [3.05, 3.63) is 40.9 Å². The Kier molecular flexibility index (Phi) is 3.19. The number of ketones is 1. The highest BCUT2D eigenvalue weighted by atomic mass is 79.9. The first-order chi connectivity index (χ1) is 7.72. The molecular weight excluding hydrogens is 270 g/mol. The van der Waals surface area contributed by atoms with Crippen molar-refractivity contribution in [2.75, 3.05) is 0 Å². The maximum Gasteiger partial charge on any atom is 0.200 e. The molecule has 0 saturated carbocycles. The van der Waals surface area contributed by atoms with Gasteiger partial charge in [0.15, 0.2) is 17.9 Å². The monoisotopic (exact) mass is 279 g/mol. The molecule has 0 aliphatic heterocycles. The molecule has 0 unspecified atom stereocenters. The smallest absolute Gasteiger partial charge is 0.200 e. The molecule has 0 amide bonds. The number of hydrogen-bond acceptors (Lipinski definition) is 3. The third kappa shape index (κ3) is 2.07. The lowest BCUT2D eigenvalue weighted by molar-refractivity contribution is 0.0962. The molecule has 16 heavy (non-hydrogen) atoms. The first kappa shape index (κ1) is 11.1. The van der Waals surface area contributed by atoms with Gasteiger partial charge in [0.25, 0.3) is 0 Å². The summed E-state index contributed by atoms with van der Waals surface area (Å²) in [5.41, 5.74) is 1.49. The Labute approximate surface area is 102 Å². The number of oxazole rings is 1. The van der Waals surface area contributed by atoms with Gasteiger partial charge in [-0.05, 0) is 12.1 Å². The van der Waals surface area contributed by atoms with Gasteiger partial charge in [-0.1, -0.05) is 35.0 Å². The number of nitrogens with zero attached hydrogens (tertiary/aromatic N) is 1. The van der Waals surface area contributed by atoms with Crippen molar-refractivity contribution in [2.24, 2.45) is 0 Å². The Bertz CT molecular complexity index is 502. The van der Waals surface area contributed by atoms with Crippen LogP contribution >= 0.6 is 15.9 Å². The van der Waals surface area contributed by atoms with Gasteiger partial charge in [-0.15, -0.1) is 0 Å². The number of benzene rings is 1. The van der Waals surface area contributed by atoms with Crippen LogP contribution in [0, 0.1) is 0 Å². The van der Waals surface area contributed by atoms with Crippen LogP contribution in [0.25, 0.3) is 11.3 Å². The summed E-state index contributed by atoms with van der Waals surface area (Å²) < 4.78 is 6.12. The van der Waals surface area contributed by atoms with E-state index in [2.05, 4.69) is 20.9 Å². The van der Waals surface area contributed by atoms with E-state index in [0.717, 1.165) is 10.0 Å². The molecule has 0 N–H and O–H groups in total. The van der Waals surface area contributed by atoms with Crippen molar-refractivity contribution in [2.45, 2.75) is 13.3 Å². The summed E-state index contributed by atoms with van der Waals surface area (Å²) in [5, 5.41) is 0. The number of Topliss-reactive ketones (excluding diaryl/α,β-unsaturated/α-hetero) is 1. The minimum atomic E-state index is -0.0320. The van der Waals surface area contributed by atoms with E-state index in [-0.39, 0.29) is 5.78 Å². The molecule has 0 aliphatic carbocycles. The summed E-state index contributed by atoms with van der Waals surface area (Å²) in [6, 6.07) is 7.61. The molecule has 0 spiro atoms. The van der Waals surface area contributed by atoms with Gasteiger partial charge < -0.3 is 4.42 Å². The number of aromatic nitrogens is 1. The van der Waals surface area contributed by atoms with Crippen molar-refractivity contribution in [1.29, 1.82) is 0 Å². The van der Waals surface area contributed by atoms with Crippen molar-refractivity contribution in [3.8, 4) is 11.3 Å². The fourth-order valence-electron chi connectivity index (χ4n) is 1.42. The van der Waals surface area contributed by atoms with Crippen LogP contribution < -0.4 is 0 Å². The first-order valence-corrected chi connectivity index (χ1v) is 5.74. The third-order valence-electron chi connectivity index (χ3n) is 2.26. The lowest BCUT2D eigenvalue weighted by atomic mass is 10.1. The Morgan fingerprint density at radius 1 is 1.38 bits per heavy atom. The molecule has 1 aromatic carbocycles. The summed E-state index contributed by atoms with van der Waals surface area (Å²) in [4.78, 5) is 15.7. The van der Waals surface area contributed by atoms with E-state index >= 15 is 0 Å². The van der Waals surface area contributed by atoms with Gasteiger partial charge in [0.2, 0.25) is 0 Å². The topological polar surface area (TPSA) is 43.1 Å². The standard InChI is InChI=1S/C12H10BrNO2/c1-2-10(15)12-11(14-7-16-12)8-3-5-9(13)6-4-8/h3-7H,2H2,1H3. The highest BCUT2D eigenvalue weighted by Gasteiger charge is 2.16. The van der Waals surface area contributed by atoms with Crippen LogP contribution in [0.2, 0.25) is 0 Å². The highest BCUT2D eigenvalue weighted by Crippen LogP contribution is 2.24. The quantitative estimate of drug-likeness (QED) is 0.805. The Morgan fingerprint density at radius 3 is 2.69 bits per heavy atom. The van der Waals surface area contributed by atoms with E-state index in [1.165, 1.54) is 6.39 Å². The van der Waals surface area contributed by atoms with Gasteiger partial charge in [0.05, 0.1) is 0 Å². The Hall–Kier alpha value is -1.42. The summed E-state index contributed by atoms with van der Waals surface area (Å²) in [5.74, 6) is 0.306. The van der Waals surface area contributed by atoms with E-state index < -0.39 is 0 Å². The molecule has 0 saturated heterocycles. The molecule has 1 aromatic heterocycles. The van der Waals surface area contributed by atoms with Gasteiger partial charge in [0, 0.05) is 16.5 Å². The van der Waals surface area contributed by atoms with Crippen LogP contribution in [-0.4, -0.2) is 10.8 Å². The normalized spacial score (nSPS) is 10.4. The van der Waals surface area contributed by atoms with E-state index in [9.17, 15) is 4.79 Å². The molecule has 4 heteroatoms. The highest BCUT2D eigenvalue weighted by molar-refractivity contribution is 9.10. The summed E-state index contributed by atoms with van der Waals surface area (Å²) in [6.07, 6.45) is 1.72. The van der Waals surface area contributed by atoms with Gasteiger partial charge >= 0.3 is 0 Å². The SMILES string of the molecule is CCC(=O)c1ocnc1-c1ccc(Br)cc1. The predicted octanol–water partition coefficient (Wildman–Crippen LogP) is 3.70. The van der Waals surface area contributed by atoms with Crippen molar-refractivity contribution >= 4 is 21.7 Å². The Balaban J connectivity index is 2.44. The second-order valence-corrected chi connectivity index (χ2v) is 4.23. The average molecular weight is 280 g/mol. The van der Waals surface area contributed by atoms with E-state index in [0.29, 0.717) is 17.9 Å². The minimum absolute atomic E-state index is 0.0320. The zero-order valence-electron chi connectivity index (χ0n) is 8.74. The van der Waals surface area contributed by atoms with Crippen LogP contribution in [0.4, 0.5) is 0 Å². The largest absolute Gasteiger partial charge is 0.440 e. The lowest BCUT2D eigenvalue weighted by Gasteiger charge is -1.99. The van der Waals surface area contributed by atoms with Crippen LogP contribution in [0.5, 0.6) is 0 Å². The van der Waals surface area contributed by atoms with Gasteiger partial charge in [-0.25, -0.2) is 4.98 Å². The molecule has 0 radical (unpaired) electrons. The van der Waals surface area contributed by atoms with E-state index in [1.807, 2.05) is 24.3 Å². The van der Waals surface area contributed by atoms with Gasteiger partial charge in [-0.3, -0.25) is 4.79 Å². The average Bonchev–Trinajstić information content (AvgIpc) is 2.78. The molecule has 3 nitrogen and oxygen atoms in total. The summed E-state index contributed by atoms with van der Waals surface area (Å²) in [6.45, 7) is 1.80. The van der Waals surface area contributed by atoms with Crippen LogP contribution in [0.15, 0.2) is 39.5 Å². The van der Waals surface area contributed by atoms with Crippen LogP contribution in [0.3, 0.4) is 0 Å². The maximum atomic E-state index is 11.6. The molecule has 0 fully saturated rings. The second-order valence-electron chi connectivity index (χ2n) is 3.31. The third-order valence-corrected chi connectivity index (χ3v) is 2.79. The lowest BCUT2D eigenvalue weighted by Crippen LogP contribution is -1.96. The second kappa shape index (κ2) is 4.61. The van der Waals surface area contributed by atoms with Crippen molar-refractivity contribution in [1.82, 2.24) is 4.98 Å². The zero-order chi connectivity index (χ0) is 11.5. The minimum Gasteiger partial charge on any atom is -0.440 e. The summed E-state index contributed by atoms with van der Waals surface area (Å²) in [7, 11) is 0. The van der Waals surface area contributed by atoms with Crippen molar-refractivity contribution in [3.63, 3.8) is 0 Å². The fourth-order valence-corrected chi connectivity index (χ4v) is 1.68. The van der Waals surface area contributed by atoms with Crippen molar-refractivity contribution < 1.29 is 9.21 Å². The molecule has 82 valence electrons. The van der Waals surface area contributed by atoms with Crippen LogP contribution in [0.1, 0.15) is 23.9 Å². The molecular formula is C12H10BrNO2. The number of halogens is 1. The zero-order valence-corrected chi connectivity index (χ0v) is 10.3. The van der Waals surface area contributed by atoms with Crippen LogP contribution in [-0.2, 0) is 0 Å². The molecule has 2 aromatic rings. The maximum absolute atomic E-state index is 11.6. The molecule has 0 bridgehead atoms. The first-order valence-electron chi connectivity index (χ1n) is 4.95. The Morgan fingerprint density at radius 2 is 2.06 bits per heavy atom.